The fourth-order valence-corrected chi connectivity index (χ4v) is 5.53. The predicted octanol–water partition coefficient (Wildman–Crippen LogP) is 6.83. The van der Waals surface area contributed by atoms with E-state index in [1.807, 2.05) is 0 Å². The first-order valence-electron chi connectivity index (χ1n) is 8.63. The van der Waals surface area contributed by atoms with Crippen molar-refractivity contribution < 1.29 is 0 Å². The molecule has 0 bridgehead atoms. The standard InChI is InChI=1S/C22H19Br/c23-20-14-19-21(16-9-3-2-8-15(16)20)17-10-4-5-11-18(17)22(19)12-6-1-7-13-22/h2-5,8-11,14H,1,6-7,12-13H2. The number of benzene rings is 3. The van der Waals surface area contributed by atoms with Crippen LogP contribution in [0.15, 0.2) is 59.1 Å². The monoisotopic (exact) mass is 362 g/mol. The van der Waals surface area contributed by atoms with Gasteiger partial charge in [0.1, 0.15) is 0 Å². The summed E-state index contributed by atoms with van der Waals surface area (Å²) in [5.41, 5.74) is 6.33. The van der Waals surface area contributed by atoms with E-state index in [-0.39, 0.29) is 5.41 Å². The largest absolute Gasteiger partial charge is 0.0619 e. The van der Waals surface area contributed by atoms with Crippen molar-refractivity contribution >= 4 is 26.7 Å². The van der Waals surface area contributed by atoms with Gasteiger partial charge in [-0.3, -0.25) is 0 Å². The molecule has 0 aliphatic heterocycles. The van der Waals surface area contributed by atoms with Crippen molar-refractivity contribution in [3.63, 3.8) is 0 Å². The lowest BCUT2D eigenvalue weighted by Crippen LogP contribution is -2.28. The van der Waals surface area contributed by atoms with Crippen LogP contribution in [0.4, 0.5) is 0 Å². The van der Waals surface area contributed by atoms with E-state index in [0.717, 1.165) is 0 Å². The van der Waals surface area contributed by atoms with E-state index in [0.29, 0.717) is 0 Å². The van der Waals surface area contributed by atoms with Gasteiger partial charge in [0.05, 0.1) is 0 Å². The van der Waals surface area contributed by atoms with Crippen molar-refractivity contribution in [3.8, 4) is 11.1 Å². The number of halogens is 1. The average molecular weight is 363 g/mol. The van der Waals surface area contributed by atoms with Gasteiger partial charge in [0.15, 0.2) is 0 Å². The van der Waals surface area contributed by atoms with E-state index in [1.165, 1.54) is 58.5 Å². The zero-order chi connectivity index (χ0) is 15.4. The van der Waals surface area contributed by atoms with Gasteiger partial charge >= 0.3 is 0 Å². The highest BCUT2D eigenvalue weighted by Crippen LogP contribution is 2.58. The van der Waals surface area contributed by atoms with Crippen LogP contribution in [0.1, 0.15) is 43.2 Å². The topological polar surface area (TPSA) is 0 Å². The van der Waals surface area contributed by atoms with Gasteiger partial charge in [0.25, 0.3) is 0 Å². The van der Waals surface area contributed by atoms with Gasteiger partial charge in [-0.15, -0.1) is 0 Å². The van der Waals surface area contributed by atoms with Crippen molar-refractivity contribution in [1.82, 2.24) is 0 Å². The molecule has 0 heterocycles. The Morgan fingerprint density at radius 1 is 0.739 bits per heavy atom. The van der Waals surface area contributed by atoms with E-state index in [2.05, 4.69) is 70.5 Å². The molecule has 2 aliphatic carbocycles. The second-order valence-corrected chi connectivity index (χ2v) is 7.87. The molecule has 1 saturated carbocycles. The summed E-state index contributed by atoms with van der Waals surface area (Å²) in [6.07, 6.45) is 6.66. The molecule has 0 radical (unpaired) electrons. The molecular formula is C22H19Br. The highest BCUT2D eigenvalue weighted by atomic mass is 79.9. The molecule has 0 atom stereocenters. The molecule has 2 aliphatic rings. The Bertz CT molecular complexity index is 916. The molecular weight excluding hydrogens is 344 g/mol. The van der Waals surface area contributed by atoms with Crippen molar-refractivity contribution in [1.29, 1.82) is 0 Å². The molecule has 114 valence electrons. The lowest BCUT2D eigenvalue weighted by Gasteiger charge is -2.36. The number of rotatable bonds is 0. The normalized spacial score (nSPS) is 18.1. The average Bonchev–Trinajstić information content (AvgIpc) is 2.87. The van der Waals surface area contributed by atoms with Crippen LogP contribution in [0.25, 0.3) is 21.9 Å². The summed E-state index contributed by atoms with van der Waals surface area (Å²) in [6.45, 7) is 0. The van der Waals surface area contributed by atoms with Gasteiger partial charge in [-0.25, -0.2) is 0 Å². The Morgan fingerprint density at radius 3 is 2.26 bits per heavy atom. The van der Waals surface area contributed by atoms with E-state index < -0.39 is 0 Å². The Balaban J connectivity index is 1.94. The van der Waals surface area contributed by atoms with Crippen LogP contribution in [0, 0.1) is 0 Å². The maximum absolute atomic E-state index is 3.85. The third kappa shape index (κ3) is 1.77. The predicted molar refractivity (Wildman–Crippen MR) is 101 cm³/mol. The Hall–Kier alpha value is -1.60. The zero-order valence-corrected chi connectivity index (χ0v) is 14.7. The van der Waals surface area contributed by atoms with E-state index >= 15 is 0 Å². The van der Waals surface area contributed by atoms with Crippen LogP contribution in [0.2, 0.25) is 0 Å². The molecule has 1 fully saturated rings. The second kappa shape index (κ2) is 4.95. The Labute approximate surface area is 145 Å². The smallest absolute Gasteiger partial charge is 0.0257 e. The molecule has 0 N–H and O–H groups in total. The molecule has 3 aromatic rings. The number of fused-ring (bicyclic) bond motifs is 7. The third-order valence-electron chi connectivity index (χ3n) is 5.93. The fraction of sp³-hybridized carbons (Fsp3) is 0.273. The van der Waals surface area contributed by atoms with Crippen molar-refractivity contribution in [2.45, 2.75) is 37.5 Å². The third-order valence-corrected chi connectivity index (χ3v) is 6.58. The van der Waals surface area contributed by atoms with Gasteiger partial charge in [0, 0.05) is 9.89 Å². The van der Waals surface area contributed by atoms with E-state index in [9.17, 15) is 0 Å². The quantitative estimate of drug-likeness (QED) is 0.410. The summed E-state index contributed by atoms with van der Waals surface area (Å²) in [5, 5.41) is 2.72. The van der Waals surface area contributed by atoms with Gasteiger partial charge in [-0.05, 0) is 51.9 Å². The minimum absolute atomic E-state index is 0.247. The summed E-state index contributed by atoms with van der Waals surface area (Å²) in [7, 11) is 0. The Morgan fingerprint density at radius 2 is 1.43 bits per heavy atom. The molecule has 0 nitrogen and oxygen atoms in total. The van der Waals surface area contributed by atoms with Crippen LogP contribution in [-0.2, 0) is 5.41 Å². The SMILES string of the molecule is Brc1cc2c(c3ccccc13)-c1ccccc1C21CCCCC1. The minimum atomic E-state index is 0.247. The van der Waals surface area contributed by atoms with Crippen LogP contribution >= 0.6 is 15.9 Å². The zero-order valence-electron chi connectivity index (χ0n) is 13.1. The van der Waals surface area contributed by atoms with Crippen LogP contribution in [0.3, 0.4) is 0 Å². The highest BCUT2D eigenvalue weighted by Gasteiger charge is 2.44. The van der Waals surface area contributed by atoms with Crippen molar-refractivity contribution in [2.75, 3.05) is 0 Å². The van der Waals surface area contributed by atoms with Crippen LogP contribution in [0.5, 0.6) is 0 Å². The van der Waals surface area contributed by atoms with Crippen molar-refractivity contribution in [2.24, 2.45) is 0 Å². The molecule has 0 saturated heterocycles. The fourth-order valence-electron chi connectivity index (χ4n) is 4.96. The van der Waals surface area contributed by atoms with Crippen LogP contribution < -0.4 is 0 Å². The lowest BCUT2D eigenvalue weighted by molar-refractivity contribution is 0.353. The highest BCUT2D eigenvalue weighted by molar-refractivity contribution is 9.10. The molecule has 3 aromatic carbocycles. The molecule has 0 unspecified atom stereocenters. The maximum Gasteiger partial charge on any atom is 0.0257 e. The summed E-state index contributed by atoms with van der Waals surface area (Å²) in [4.78, 5) is 0. The Kier molecular flexibility index (Phi) is 2.97. The van der Waals surface area contributed by atoms with E-state index in [1.54, 1.807) is 11.1 Å². The summed E-state index contributed by atoms with van der Waals surface area (Å²) >= 11 is 3.85. The summed E-state index contributed by atoms with van der Waals surface area (Å²) in [6, 6.07) is 20.4. The summed E-state index contributed by atoms with van der Waals surface area (Å²) < 4.78 is 1.24. The second-order valence-electron chi connectivity index (χ2n) is 7.01. The first kappa shape index (κ1) is 13.8. The van der Waals surface area contributed by atoms with Gasteiger partial charge in [-0.2, -0.15) is 0 Å². The summed E-state index contributed by atoms with van der Waals surface area (Å²) in [5.74, 6) is 0. The van der Waals surface area contributed by atoms with Gasteiger partial charge in [0.2, 0.25) is 0 Å². The van der Waals surface area contributed by atoms with Gasteiger partial charge < -0.3 is 0 Å². The van der Waals surface area contributed by atoms with Crippen LogP contribution in [-0.4, -0.2) is 0 Å². The molecule has 23 heavy (non-hydrogen) atoms. The first-order valence-corrected chi connectivity index (χ1v) is 9.42. The molecule has 1 spiro atoms. The number of hydrogen-bond acceptors (Lipinski definition) is 0. The van der Waals surface area contributed by atoms with Crippen molar-refractivity contribution in [3.05, 3.63) is 70.2 Å². The van der Waals surface area contributed by atoms with E-state index in [4.69, 9.17) is 0 Å². The first-order chi connectivity index (χ1) is 11.3. The maximum atomic E-state index is 3.85. The minimum Gasteiger partial charge on any atom is -0.0619 e. The molecule has 0 amide bonds. The van der Waals surface area contributed by atoms with Gasteiger partial charge in [-0.1, -0.05) is 83.7 Å². The lowest BCUT2D eigenvalue weighted by atomic mass is 9.68. The molecule has 5 rings (SSSR count). The number of hydrogen-bond donors (Lipinski definition) is 0. The molecule has 0 aromatic heterocycles. The molecule has 1 heteroatoms.